The van der Waals surface area contributed by atoms with E-state index in [2.05, 4.69) is 4.98 Å². The molecular formula is C16H11F2NO2S. The van der Waals surface area contributed by atoms with Crippen LogP contribution in [0, 0.1) is 11.6 Å². The number of aliphatic carboxylic acids is 1. The highest BCUT2D eigenvalue weighted by molar-refractivity contribution is 7.18. The molecule has 0 aliphatic carbocycles. The average molecular weight is 319 g/mol. The molecule has 22 heavy (non-hydrogen) atoms. The number of carboxylic acid groups (broad SMARTS) is 1. The number of nitrogens with zero attached hydrogens (tertiary/aromatic N) is 1. The van der Waals surface area contributed by atoms with E-state index in [0.717, 1.165) is 23.0 Å². The molecule has 3 rings (SSSR count). The molecule has 0 spiro atoms. The first kappa shape index (κ1) is 14.6. The lowest BCUT2D eigenvalue weighted by Gasteiger charge is -2.01. The van der Waals surface area contributed by atoms with Crippen molar-refractivity contribution in [3.63, 3.8) is 0 Å². The molecule has 1 N–H and O–H groups in total. The van der Waals surface area contributed by atoms with Gasteiger partial charge >= 0.3 is 5.97 Å². The van der Waals surface area contributed by atoms with Crippen LogP contribution in [-0.2, 0) is 17.6 Å². The van der Waals surface area contributed by atoms with Gasteiger partial charge in [0.25, 0.3) is 0 Å². The van der Waals surface area contributed by atoms with E-state index in [0.29, 0.717) is 22.5 Å². The molecule has 0 saturated heterocycles. The Morgan fingerprint density at radius 2 is 1.95 bits per heavy atom. The summed E-state index contributed by atoms with van der Waals surface area (Å²) in [5.41, 5.74) is 2.02. The molecule has 3 nitrogen and oxygen atoms in total. The van der Waals surface area contributed by atoms with Crippen molar-refractivity contribution in [2.45, 2.75) is 12.8 Å². The van der Waals surface area contributed by atoms with Crippen LogP contribution in [0.1, 0.15) is 16.1 Å². The van der Waals surface area contributed by atoms with Crippen LogP contribution in [0.2, 0.25) is 0 Å². The predicted octanol–water partition coefficient (Wildman–Crippen LogP) is 3.79. The molecule has 0 aliphatic heterocycles. The van der Waals surface area contributed by atoms with Crippen LogP contribution >= 0.6 is 11.3 Å². The van der Waals surface area contributed by atoms with Gasteiger partial charge in [0.15, 0.2) is 11.6 Å². The largest absolute Gasteiger partial charge is 0.481 e. The molecule has 112 valence electrons. The summed E-state index contributed by atoms with van der Waals surface area (Å²) in [7, 11) is 0. The smallest absolute Gasteiger partial charge is 0.307 e. The first-order valence-electron chi connectivity index (χ1n) is 6.56. The van der Waals surface area contributed by atoms with Crippen molar-refractivity contribution in [2.75, 3.05) is 0 Å². The van der Waals surface area contributed by atoms with Gasteiger partial charge in [0.1, 0.15) is 0 Å². The maximum absolute atomic E-state index is 13.7. The second-order valence-corrected chi connectivity index (χ2v) is 5.97. The third-order valence-electron chi connectivity index (χ3n) is 3.20. The molecule has 2 aromatic carbocycles. The van der Waals surface area contributed by atoms with E-state index in [9.17, 15) is 13.6 Å². The molecule has 1 aromatic heterocycles. The van der Waals surface area contributed by atoms with Crippen LogP contribution in [0.4, 0.5) is 8.78 Å². The van der Waals surface area contributed by atoms with Crippen LogP contribution in [0.5, 0.6) is 0 Å². The zero-order valence-corrected chi connectivity index (χ0v) is 12.2. The van der Waals surface area contributed by atoms with Gasteiger partial charge in [-0.1, -0.05) is 24.3 Å². The van der Waals surface area contributed by atoms with E-state index in [1.165, 1.54) is 6.07 Å². The van der Waals surface area contributed by atoms with E-state index < -0.39 is 17.6 Å². The summed E-state index contributed by atoms with van der Waals surface area (Å²) < 4.78 is 27.1. The quantitative estimate of drug-likeness (QED) is 0.796. The van der Waals surface area contributed by atoms with Gasteiger partial charge in [0, 0.05) is 6.42 Å². The molecule has 0 aliphatic rings. The lowest BCUT2D eigenvalue weighted by Crippen LogP contribution is -2.00. The number of rotatable bonds is 4. The molecule has 1 heterocycles. The minimum absolute atomic E-state index is 0.0481. The van der Waals surface area contributed by atoms with Gasteiger partial charge in [0.2, 0.25) is 0 Å². The summed E-state index contributed by atoms with van der Waals surface area (Å²) >= 11 is 1.11. The predicted molar refractivity (Wildman–Crippen MR) is 80.1 cm³/mol. The van der Waals surface area contributed by atoms with Gasteiger partial charge in [-0.05, 0) is 23.3 Å². The van der Waals surface area contributed by atoms with Crippen LogP contribution in [0.3, 0.4) is 0 Å². The van der Waals surface area contributed by atoms with Crippen molar-refractivity contribution < 1.29 is 18.7 Å². The molecule has 3 aromatic rings. The van der Waals surface area contributed by atoms with Crippen molar-refractivity contribution in [1.82, 2.24) is 4.98 Å². The normalized spacial score (nSPS) is 11.0. The third-order valence-corrected chi connectivity index (χ3v) is 4.26. The molecule has 0 unspecified atom stereocenters. The maximum atomic E-state index is 13.7. The summed E-state index contributed by atoms with van der Waals surface area (Å²) in [6, 6.07) is 9.68. The zero-order valence-electron chi connectivity index (χ0n) is 11.3. The number of carbonyl (C=O) groups is 1. The Morgan fingerprint density at radius 3 is 2.73 bits per heavy atom. The van der Waals surface area contributed by atoms with Crippen LogP contribution in [-0.4, -0.2) is 16.1 Å². The number of thiazole rings is 1. The molecule has 0 saturated carbocycles. The summed E-state index contributed by atoms with van der Waals surface area (Å²) in [6.07, 6.45) is 0.404. The molecule has 0 radical (unpaired) electrons. The molecule has 6 heteroatoms. The SMILES string of the molecule is O=C(O)Cc1cccc(Cc2nc3ccc(F)c(F)c3s2)c1. The third kappa shape index (κ3) is 2.96. The minimum Gasteiger partial charge on any atom is -0.481 e. The Morgan fingerprint density at radius 1 is 1.18 bits per heavy atom. The van der Waals surface area contributed by atoms with E-state index >= 15 is 0 Å². The number of benzene rings is 2. The second-order valence-electron chi connectivity index (χ2n) is 4.88. The van der Waals surface area contributed by atoms with Crippen LogP contribution < -0.4 is 0 Å². The van der Waals surface area contributed by atoms with Gasteiger partial charge in [-0.3, -0.25) is 4.79 Å². The highest BCUT2D eigenvalue weighted by Crippen LogP contribution is 2.28. The van der Waals surface area contributed by atoms with Crippen molar-refractivity contribution in [3.05, 3.63) is 64.2 Å². The lowest BCUT2D eigenvalue weighted by molar-refractivity contribution is -0.136. The number of hydrogen-bond acceptors (Lipinski definition) is 3. The molecule has 0 atom stereocenters. The van der Waals surface area contributed by atoms with Crippen molar-refractivity contribution in [1.29, 1.82) is 0 Å². The summed E-state index contributed by atoms with van der Waals surface area (Å²) in [5, 5.41) is 9.47. The van der Waals surface area contributed by atoms with Crippen molar-refractivity contribution in [3.8, 4) is 0 Å². The highest BCUT2D eigenvalue weighted by atomic mass is 32.1. The standard InChI is InChI=1S/C16H11F2NO2S/c17-11-4-5-12-16(15(11)18)22-13(19-12)7-9-2-1-3-10(6-9)8-14(20)21/h1-6H,7-8H2,(H,20,21). The molecule has 0 amide bonds. The Hall–Kier alpha value is -2.34. The van der Waals surface area contributed by atoms with Gasteiger partial charge in [-0.25, -0.2) is 13.8 Å². The lowest BCUT2D eigenvalue weighted by atomic mass is 10.1. The number of aromatic nitrogens is 1. The zero-order chi connectivity index (χ0) is 15.7. The van der Waals surface area contributed by atoms with E-state index in [1.54, 1.807) is 18.2 Å². The van der Waals surface area contributed by atoms with E-state index in [4.69, 9.17) is 5.11 Å². The first-order valence-corrected chi connectivity index (χ1v) is 7.37. The topological polar surface area (TPSA) is 50.2 Å². The number of carboxylic acids is 1. The molecule has 0 fully saturated rings. The number of halogens is 2. The molecule has 0 bridgehead atoms. The van der Waals surface area contributed by atoms with Gasteiger partial charge in [-0.15, -0.1) is 11.3 Å². The van der Waals surface area contributed by atoms with Crippen LogP contribution in [0.25, 0.3) is 10.2 Å². The fourth-order valence-electron chi connectivity index (χ4n) is 2.26. The fourth-order valence-corrected chi connectivity index (χ4v) is 3.28. The fraction of sp³-hybridized carbons (Fsp3) is 0.125. The van der Waals surface area contributed by atoms with Crippen molar-refractivity contribution >= 4 is 27.5 Å². The summed E-state index contributed by atoms with van der Waals surface area (Å²) in [4.78, 5) is 15.0. The maximum Gasteiger partial charge on any atom is 0.307 e. The van der Waals surface area contributed by atoms with Gasteiger partial charge in [0.05, 0.1) is 21.6 Å². The Labute approximate surface area is 128 Å². The summed E-state index contributed by atoms with van der Waals surface area (Å²) in [5.74, 6) is -2.65. The Bertz CT molecular complexity index is 860. The highest BCUT2D eigenvalue weighted by Gasteiger charge is 2.13. The van der Waals surface area contributed by atoms with E-state index in [1.807, 2.05) is 6.07 Å². The average Bonchev–Trinajstić information content (AvgIpc) is 2.86. The molecular weight excluding hydrogens is 308 g/mol. The van der Waals surface area contributed by atoms with Crippen LogP contribution in [0.15, 0.2) is 36.4 Å². The van der Waals surface area contributed by atoms with Gasteiger partial charge < -0.3 is 5.11 Å². The van der Waals surface area contributed by atoms with E-state index in [-0.39, 0.29) is 11.1 Å². The minimum atomic E-state index is -0.894. The van der Waals surface area contributed by atoms with Gasteiger partial charge in [-0.2, -0.15) is 0 Å². The monoisotopic (exact) mass is 319 g/mol. The number of hydrogen-bond donors (Lipinski definition) is 1. The summed E-state index contributed by atoms with van der Waals surface area (Å²) in [6.45, 7) is 0. The van der Waals surface area contributed by atoms with Crippen molar-refractivity contribution in [2.24, 2.45) is 0 Å². The Balaban J connectivity index is 1.90. The second kappa shape index (κ2) is 5.81. The Kier molecular flexibility index (Phi) is 3.85. The number of fused-ring (bicyclic) bond motifs is 1. The first-order chi connectivity index (χ1) is 10.5.